The smallest absolute Gasteiger partial charge is 0.241 e. The largest absolute Gasteiger partial charge is 0.343 e. The number of carbonyl (C=O) groups excluding carboxylic acids is 1. The van der Waals surface area contributed by atoms with Crippen molar-refractivity contribution >= 4 is 15.9 Å². The Labute approximate surface area is 120 Å². The predicted molar refractivity (Wildman–Crippen MR) is 77.8 cm³/mol. The van der Waals surface area contributed by atoms with Crippen molar-refractivity contribution in [1.29, 1.82) is 0 Å². The van der Waals surface area contributed by atoms with Crippen LogP contribution < -0.4 is 10.0 Å². The zero-order chi connectivity index (χ0) is 15.2. The highest BCUT2D eigenvalue weighted by Crippen LogP contribution is 2.08. The van der Waals surface area contributed by atoms with E-state index in [-0.39, 0.29) is 10.8 Å². The first-order chi connectivity index (χ1) is 9.38. The minimum atomic E-state index is -3.67. The van der Waals surface area contributed by atoms with Gasteiger partial charge >= 0.3 is 0 Å². The van der Waals surface area contributed by atoms with Gasteiger partial charge in [-0.15, -0.1) is 0 Å². The maximum atomic E-state index is 12.1. The molecule has 0 spiro atoms. The molecular formula is C13H21N3O3S. The molecule has 1 unspecified atom stereocenters. The zero-order valence-electron chi connectivity index (χ0n) is 12.0. The molecule has 20 heavy (non-hydrogen) atoms. The molecule has 0 aliphatic carbocycles. The van der Waals surface area contributed by atoms with E-state index in [0.29, 0.717) is 13.1 Å². The number of hydrogen-bond acceptors (Lipinski definition) is 4. The lowest BCUT2D eigenvalue weighted by atomic mass is 10.3. The molecule has 0 heterocycles. The number of likely N-dealkylation sites (N-methyl/N-ethyl adjacent to an activating group) is 2. The molecule has 0 aliphatic heterocycles. The van der Waals surface area contributed by atoms with Gasteiger partial charge in [-0.05, 0) is 26.1 Å². The second-order valence-electron chi connectivity index (χ2n) is 4.52. The standard InChI is InChI=1S/C13H21N3O3S/c1-11(13(17)16(3)10-9-14-2)15-20(18,19)12-7-5-4-6-8-12/h4-8,11,14-15H,9-10H2,1-3H3. The maximum Gasteiger partial charge on any atom is 0.241 e. The van der Waals surface area contributed by atoms with E-state index in [0.717, 1.165) is 0 Å². The third-order valence-electron chi connectivity index (χ3n) is 2.83. The van der Waals surface area contributed by atoms with Crippen molar-refractivity contribution in [3.05, 3.63) is 30.3 Å². The molecule has 2 N–H and O–H groups in total. The first-order valence-electron chi connectivity index (χ1n) is 6.35. The van der Waals surface area contributed by atoms with E-state index in [1.165, 1.54) is 17.0 Å². The third kappa shape index (κ3) is 4.59. The van der Waals surface area contributed by atoms with Crippen LogP contribution in [0.5, 0.6) is 0 Å². The maximum absolute atomic E-state index is 12.1. The Bertz CT molecular complexity index is 531. The quantitative estimate of drug-likeness (QED) is 0.744. The summed E-state index contributed by atoms with van der Waals surface area (Å²) in [4.78, 5) is 13.7. The van der Waals surface area contributed by atoms with E-state index in [1.54, 1.807) is 39.2 Å². The summed E-state index contributed by atoms with van der Waals surface area (Å²) in [5, 5.41) is 2.93. The number of hydrogen-bond donors (Lipinski definition) is 2. The molecule has 1 rings (SSSR count). The molecule has 0 fully saturated rings. The molecule has 7 heteroatoms. The molecule has 1 aromatic carbocycles. The molecule has 0 aromatic heterocycles. The van der Waals surface area contributed by atoms with E-state index in [4.69, 9.17) is 0 Å². The Morgan fingerprint density at radius 3 is 2.45 bits per heavy atom. The molecular weight excluding hydrogens is 278 g/mol. The number of benzene rings is 1. The van der Waals surface area contributed by atoms with Crippen LogP contribution in [0.4, 0.5) is 0 Å². The van der Waals surface area contributed by atoms with Gasteiger partial charge < -0.3 is 10.2 Å². The summed E-state index contributed by atoms with van der Waals surface area (Å²) in [7, 11) is -0.234. The fourth-order valence-electron chi connectivity index (χ4n) is 1.67. The summed E-state index contributed by atoms with van der Waals surface area (Å²) in [6.45, 7) is 2.71. The van der Waals surface area contributed by atoms with Crippen LogP contribution in [0.1, 0.15) is 6.92 Å². The summed E-state index contributed by atoms with van der Waals surface area (Å²) >= 11 is 0. The molecule has 1 atom stereocenters. The lowest BCUT2D eigenvalue weighted by Crippen LogP contribution is -2.46. The van der Waals surface area contributed by atoms with E-state index in [2.05, 4.69) is 10.0 Å². The van der Waals surface area contributed by atoms with Gasteiger partial charge in [0.15, 0.2) is 0 Å². The van der Waals surface area contributed by atoms with Gasteiger partial charge in [0.2, 0.25) is 15.9 Å². The lowest BCUT2D eigenvalue weighted by molar-refractivity contribution is -0.131. The number of carbonyl (C=O) groups is 1. The number of nitrogens with zero attached hydrogens (tertiary/aromatic N) is 1. The summed E-state index contributed by atoms with van der Waals surface area (Å²) in [5.41, 5.74) is 0. The number of nitrogens with one attached hydrogen (secondary N) is 2. The van der Waals surface area contributed by atoms with Crippen LogP contribution in [0.3, 0.4) is 0 Å². The Balaban J connectivity index is 2.70. The van der Waals surface area contributed by atoms with Crippen molar-refractivity contribution in [1.82, 2.24) is 14.9 Å². The molecule has 112 valence electrons. The van der Waals surface area contributed by atoms with Crippen LogP contribution in [-0.4, -0.2) is 52.5 Å². The first kappa shape index (κ1) is 16.6. The molecule has 6 nitrogen and oxygen atoms in total. The van der Waals surface area contributed by atoms with Crippen molar-refractivity contribution in [2.45, 2.75) is 17.9 Å². The molecule has 0 saturated heterocycles. The van der Waals surface area contributed by atoms with E-state index >= 15 is 0 Å². The lowest BCUT2D eigenvalue weighted by Gasteiger charge is -2.22. The average Bonchev–Trinajstić information content (AvgIpc) is 2.44. The van der Waals surface area contributed by atoms with Gasteiger partial charge in [-0.25, -0.2) is 8.42 Å². The molecule has 1 amide bonds. The number of amides is 1. The van der Waals surface area contributed by atoms with Crippen LogP contribution in [0.25, 0.3) is 0 Å². The van der Waals surface area contributed by atoms with Crippen LogP contribution in [0.15, 0.2) is 35.2 Å². The van der Waals surface area contributed by atoms with Gasteiger partial charge in [0.1, 0.15) is 0 Å². The van der Waals surface area contributed by atoms with Crippen molar-refractivity contribution in [3.8, 4) is 0 Å². The average molecular weight is 299 g/mol. The third-order valence-corrected chi connectivity index (χ3v) is 4.39. The molecule has 1 aromatic rings. The number of rotatable bonds is 7. The van der Waals surface area contributed by atoms with Gasteiger partial charge in [-0.1, -0.05) is 18.2 Å². The van der Waals surface area contributed by atoms with Gasteiger partial charge in [-0.2, -0.15) is 4.72 Å². The van der Waals surface area contributed by atoms with Crippen LogP contribution >= 0.6 is 0 Å². The normalized spacial score (nSPS) is 12.9. The summed E-state index contributed by atoms with van der Waals surface area (Å²) in [6.07, 6.45) is 0. The molecule has 0 saturated carbocycles. The summed E-state index contributed by atoms with van der Waals surface area (Å²) < 4.78 is 26.6. The highest BCUT2D eigenvalue weighted by atomic mass is 32.2. The summed E-state index contributed by atoms with van der Waals surface area (Å²) in [6, 6.07) is 7.19. The Morgan fingerprint density at radius 1 is 1.30 bits per heavy atom. The van der Waals surface area contributed by atoms with Crippen LogP contribution in [0, 0.1) is 0 Å². The Hall–Kier alpha value is -1.44. The Morgan fingerprint density at radius 2 is 1.90 bits per heavy atom. The SMILES string of the molecule is CNCCN(C)C(=O)C(C)NS(=O)(=O)c1ccccc1. The predicted octanol–water partition coefficient (Wildman–Crippen LogP) is 0.0312. The van der Waals surface area contributed by atoms with Crippen molar-refractivity contribution in [2.24, 2.45) is 0 Å². The topological polar surface area (TPSA) is 78.5 Å². The van der Waals surface area contributed by atoms with Crippen LogP contribution in [-0.2, 0) is 14.8 Å². The fourth-order valence-corrected chi connectivity index (χ4v) is 2.89. The molecule has 0 aliphatic rings. The highest BCUT2D eigenvalue weighted by molar-refractivity contribution is 7.89. The van der Waals surface area contributed by atoms with Gasteiger partial charge in [0.25, 0.3) is 0 Å². The Kier molecular flexibility index (Phi) is 6.12. The fraction of sp³-hybridized carbons (Fsp3) is 0.462. The molecule has 0 radical (unpaired) electrons. The van der Waals surface area contributed by atoms with Gasteiger partial charge in [-0.3, -0.25) is 4.79 Å². The summed E-state index contributed by atoms with van der Waals surface area (Å²) in [5.74, 6) is -0.264. The van der Waals surface area contributed by atoms with E-state index < -0.39 is 16.1 Å². The van der Waals surface area contributed by atoms with Crippen molar-refractivity contribution in [3.63, 3.8) is 0 Å². The second-order valence-corrected chi connectivity index (χ2v) is 6.23. The minimum Gasteiger partial charge on any atom is -0.343 e. The van der Waals surface area contributed by atoms with Gasteiger partial charge in [0.05, 0.1) is 10.9 Å². The van der Waals surface area contributed by atoms with Crippen LogP contribution in [0.2, 0.25) is 0 Å². The highest BCUT2D eigenvalue weighted by Gasteiger charge is 2.23. The first-order valence-corrected chi connectivity index (χ1v) is 7.83. The van der Waals surface area contributed by atoms with E-state index in [9.17, 15) is 13.2 Å². The van der Waals surface area contributed by atoms with E-state index in [1.807, 2.05) is 0 Å². The van der Waals surface area contributed by atoms with Crippen molar-refractivity contribution < 1.29 is 13.2 Å². The van der Waals surface area contributed by atoms with Crippen molar-refractivity contribution in [2.75, 3.05) is 27.2 Å². The monoisotopic (exact) mass is 299 g/mol. The van der Waals surface area contributed by atoms with Gasteiger partial charge in [0, 0.05) is 20.1 Å². The minimum absolute atomic E-state index is 0.150. The molecule has 0 bridgehead atoms. The number of sulfonamides is 1. The second kappa shape index (κ2) is 7.37. The zero-order valence-corrected chi connectivity index (χ0v) is 12.8.